The number of fused-ring (bicyclic) bond motifs is 1. The van der Waals surface area contributed by atoms with Crippen molar-refractivity contribution in [1.82, 2.24) is 29.7 Å². The molecule has 1 amide bonds. The Morgan fingerprint density at radius 2 is 1.38 bits per heavy atom. The lowest BCUT2D eigenvalue weighted by Crippen LogP contribution is -2.54. The number of aromatic nitrogens is 4. The number of nitrogens with one attached hydrogen (secondary N) is 2. The second-order valence-corrected chi connectivity index (χ2v) is 20.0. The molecule has 80 heavy (non-hydrogen) atoms. The molecule has 1 saturated carbocycles. The van der Waals surface area contributed by atoms with Gasteiger partial charge >= 0.3 is 29.8 Å². The quantitative estimate of drug-likeness (QED) is 0.0143. The van der Waals surface area contributed by atoms with E-state index in [1.165, 1.54) is 12.7 Å². The lowest BCUT2D eigenvalue weighted by atomic mass is 9.76. The molecular weight excluding hydrogens is 1030 g/mol. The van der Waals surface area contributed by atoms with Crippen LogP contribution in [0.2, 0.25) is 0 Å². The van der Waals surface area contributed by atoms with E-state index >= 15 is 0 Å². The number of unbranched alkanes of at least 4 members (excludes halogenated alkanes) is 4. The minimum absolute atomic E-state index is 0.0444. The van der Waals surface area contributed by atoms with Crippen molar-refractivity contribution in [2.24, 2.45) is 16.8 Å². The fraction of sp³-hybridized carbons (Fsp3) is 0.483. The summed E-state index contributed by atoms with van der Waals surface area (Å²) < 4.78 is 44.8. The molecule has 3 aromatic carbocycles. The van der Waals surface area contributed by atoms with E-state index in [1.54, 1.807) is 115 Å². The molecule has 2 fully saturated rings. The van der Waals surface area contributed by atoms with E-state index in [0.717, 1.165) is 12.8 Å². The van der Waals surface area contributed by atoms with Gasteiger partial charge in [-0.15, -0.1) is 0 Å². The van der Waals surface area contributed by atoms with Crippen LogP contribution >= 0.6 is 0 Å². The Bertz CT molecular complexity index is 2920. The van der Waals surface area contributed by atoms with Crippen molar-refractivity contribution in [1.29, 1.82) is 0 Å². The number of amides is 1. The van der Waals surface area contributed by atoms with Crippen molar-refractivity contribution in [2.75, 3.05) is 40.5 Å². The third-order valence-electron chi connectivity index (χ3n) is 13.8. The highest BCUT2D eigenvalue weighted by atomic mass is 16.6. The molecular formula is C58H71N7O15. The van der Waals surface area contributed by atoms with Gasteiger partial charge in [-0.25, -0.2) is 24.4 Å². The van der Waals surface area contributed by atoms with Crippen LogP contribution in [-0.4, -0.2) is 149 Å². The summed E-state index contributed by atoms with van der Waals surface area (Å²) in [4.78, 5) is 108. The maximum absolute atomic E-state index is 13.6. The van der Waals surface area contributed by atoms with Crippen molar-refractivity contribution >= 4 is 59.2 Å². The van der Waals surface area contributed by atoms with E-state index in [9.17, 15) is 38.7 Å². The molecule has 1 aliphatic heterocycles. The molecule has 3 heterocycles. The van der Waals surface area contributed by atoms with Gasteiger partial charge in [-0.3, -0.25) is 28.7 Å². The highest BCUT2D eigenvalue weighted by Crippen LogP contribution is 2.39. The molecule has 22 nitrogen and oxygen atoms in total. The molecule has 2 aromatic heterocycles. The molecule has 0 radical (unpaired) electrons. The van der Waals surface area contributed by atoms with Gasteiger partial charge in [0.2, 0.25) is 11.9 Å². The standard InChI is InChI=1S/C58H71N7O15/c1-5-42-50(78-46(69)29-28-45(67)68)51(54(77-42)65-36-60-47-52(65)62-58(63-53(47)70)61-35-64(3)4)75-32-19-7-6-18-30-59-44(66)27-17-20-31-74-43-33-41(34-76-55(71)38-21-11-8-12-22-38)49(80-57(73)40-25-15-10-16-26-40)48(37(43)2)79-56(72)39-23-13-9-14-24-39/h8-16,21-26,35-37,41-43,48-51,54H,5-7,17-20,27-34H2,1-4H3,(H,59,66)(H,67,68)(H,62,63,70)/b61-35+/t37-,41+,42+,43+,48+,49-,50?,51-,54+/m0/s1. The van der Waals surface area contributed by atoms with E-state index in [4.69, 9.17) is 33.2 Å². The van der Waals surface area contributed by atoms with Gasteiger partial charge in [0.25, 0.3) is 5.56 Å². The zero-order valence-corrected chi connectivity index (χ0v) is 45.5. The maximum atomic E-state index is 13.6. The lowest BCUT2D eigenvalue weighted by molar-refractivity contribution is -0.159. The van der Waals surface area contributed by atoms with Gasteiger partial charge < -0.3 is 48.5 Å². The summed E-state index contributed by atoms with van der Waals surface area (Å²) in [7, 11) is 3.54. The van der Waals surface area contributed by atoms with Gasteiger partial charge in [0.1, 0.15) is 18.3 Å². The smallest absolute Gasteiger partial charge is 0.338 e. The Labute approximate surface area is 463 Å². The summed E-state index contributed by atoms with van der Waals surface area (Å²) in [6.07, 6.45) is 1.39. The van der Waals surface area contributed by atoms with E-state index in [2.05, 4.69) is 25.3 Å². The second kappa shape index (κ2) is 30.0. The number of ether oxygens (including phenoxy) is 7. The van der Waals surface area contributed by atoms with Crippen LogP contribution in [0.25, 0.3) is 11.2 Å². The topological polar surface area (TPSA) is 278 Å². The van der Waals surface area contributed by atoms with Crippen molar-refractivity contribution in [3.05, 3.63) is 124 Å². The molecule has 2 aliphatic rings. The minimum Gasteiger partial charge on any atom is -0.481 e. The molecule has 5 aromatic rings. The van der Waals surface area contributed by atoms with Crippen LogP contribution in [-0.2, 0) is 47.5 Å². The zero-order valence-electron chi connectivity index (χ0n) is 45.5. The monoisotopic (exact) mass is 1110 g/mol. The summed E-state index contributed by atoms with van der Waals surface area (Å²) in [6.45, 7) is 4.60. The van der Waals surface area contributed by atoms with Gasteiger partial charge in [-0.2, -0.15) is 4.98 Å². The molecule has 1 unspecified atom stereocenters. The van der Waals surface area contributed by atoms with Crippen molar-refractivity contribution in [3.63, 3.8) is 0 Å². The molecule has 1 aliphatic carbocycles. The Morgan fingerprint density at radius 3 is 2.01 bits per heavy atom. The molecule has 0 bridgehead atoms. The number of benzene rings is 3. The number of nitrogens with zero attached hydrogens (tertiary/aromatic N) is 5. The number of H-pyrrole nitrogens is 1. The molecule has 1 saturated heterocycles. The predicted octanol–water partition coefficient (Wildman–Crippen LogP) is 7.01. The summed E-state index contributed by atoms with van der Waals surface area (Å²) >= 11 is 0. The van der Waals surface area contributed by atoms with Crippen LogP contribution in [0.5, 0.6) is 0 Å². The SMILES string of the molecule is CC[C@H]1O[C@@H](n2cnc3c(=O)[nH]c(/N=C/N(C)C)nc32)[C@@H](OCCCCCCNC(=O)CCCCO[C@@H]2C[C@H](COC(=O)c3ccccc3)[C@H](OC(=O)c3ccccc3)[C@H](OC(=O)c3ccccc3)[C@H]2C)C1OC(=O)CCC(=O)O. The number of carboxylic acid groups (broad SMARTS) is 1. The van der Waals surface area contributed by atoms with Crippen LogP contribution in [0.4, 0.5) is 5.95 Å². The summed E-state index contributed by atoms with van der Waals surface area (Å²) in [5.74, 6) is -4.74. The fourth-order valence-electron chi connectivity index (χ4n) is 9.59. The Kier molecular flexibility index (Phi) is 22.4. The minimum atomic E-state index is -1.14. The number of aliphatic imine (C=N–C) groups is 1. The van der Waals surface area contributed by atoms with Crippen molar-refractivity contribution < 1.29 is 67.0 Å². The number of esters is 4. The number of carbonyl (C=O) groups excluding carboxylic acids is 5. The third kappa shape index (κ3) is 16.9. The summed E-state index contributed by atoms with van der Waals surface area (Å²) in [6, 6.07) is 25.5. The molecule has 428 valence electrons. The summed E-state index contributed by atoms with van der Waals surface area (Å²) in [5, 5.41) is 12.2. The van der Waals surface area contributed by atoms with E-state index in [-0.39, 0.29) is 55.7 Å². The Hall–Kier alpha value is -7.82. The Balaban J connectivity index is 0.887. The number of rotatable bonds is 29. The van der Waals surface area contributed by atoms with Gasteiger partial charge in [0.15, 0.2) is 23.5 Å². The second-order valence-electron chi connectivity index (χ2n) is 20.0. The number of carbonyl (C=O) groups is 6. The largest absolute Gasteiger partial charge is 0.481 e. The highest BCUT2D eigenvalue weighted by molar-refractivity contribution is 5.91. The lowest BCUT2D eigenvalue weighted by Gasteiger charge is -2.44. The predicted molar refractivity (Wildman–Crippen MR) is 291 cm³/mol. The number of hydrogen-bond donors (Lipinski definition) is 3. The number of aromatic amines is 1. The first-order valence-corrected chi connectivity index (χ1v) is 27.2. The molecule has 0 spiro atoms. The first kappa shape index (κ1) is 59.8. The molecule has 3 N–H and O–H groups in total. The average Bonchev–Trinajstić information content (AvgIpc) is 4.14. The van der Waals surface area contributed by atoms with Crippen LogP contribution in [0, 0.1) is 11.8 Å². The van der Waals surface area contributed by atoms with E-state index in [0.29, 0.717) is 61.8 Å². The van der Waals surface area contributed by atoms with Gasteiger partial charge in [-0.1, -0.05) is 81.3 Å². The van der Waals surface area contributed by atoms with E-state index in [1.807, 2.05) is 13.8 Å². The highest BCUT2D eigenvalue weighted by Gasteiger charge is 2.50. The van der Waals surface area contributed by atoms with Crippen LogP contribution in [0.1, 0.15) is 122 Å². The van der Waals surface area contributed by atoms with Crippen LogP contribution < -0.4 is 10.9 Å². The zero-order chi connectivity index (χ0) is 57.0. The fourth-order valence-corrected chi connectivity index (χ4v) is 9.59. The van der Waals surface area contributed by atoms with Crippen molar-refractivity contribution in [2.45, 2.75) is 127 Å². The average molecular weight is 1110 g/mol. The summed E-state index contributed by atoms with van der Waals surface area (Å²) in [5.41, 5.74) is 0.709. The molecule has 7 rings (SSSR count). The van der Waals surface area contributed by atoms with Gasteiger partial charge in [-0.05, 0) is 74.9 Å². The van der Waals surface area contributed by atoms with Crippen LogP contribution in [0.3, 0.4) is 0 Å². The van der Waals surface area contributed by atoms with E-state index < -0.39 is 96.5 Å². The third-order valence-corrected chi connectivity index (χ3v) is 13.8. The Morgan fingerprint density at radius 1 is 0.762 bits per heavy atom. The number of aliphatic carboxylic acids is 1. The van der Waals surface area contributed by atoms with Gasteiger partial charge in [0, 0.05) is 52.1 Å². The van der Waals surface area contributed by atoms with Gasteiger partial charge in [0.05, 0.1) is 61.0 Å². The van der Waals surface area contributed by atoms with Crippen molar-refractivity contribution in [3.8, 4) is 0 Å². The molecule has 9 atom stereocenters. The number of hydrogen-bond acceptors (Lipinski definition) is 17. The first-order chi connectivity index (χ1) is 38.7. The van der Waals surface area contributed by atoms with Crippen LogP contribution in [0.15, 0.2) is 107 Å². The number of carboxylic acids is 1. The number of imidazole rings is 1. The maximum Gasteiger partial charge on any atom is 0.338 e. The first-order valence-electron chi connectivity index (χ1n) is 27.2. The normalized spacial score (nSPS) is 21.7. The molecule has 22 heteroatoms.